The summed E-state index contributed by atoms with van der Waals surface area (Å²) in [5.41, 5.74) is 1.29. The lowest BCUT2D eigenvalue weighted by molar-refractivity contribution is -0.116. The van der Waals surface area contributed by atoms with E-state index < -0.39 is 9.84 Å². The number of nitrogens with zero attached hydrogens (tertiary/aromatic N) is 2. The molecule has 1 aromatic heterocycles. The zero-order chi connectivity index (χ0) is 21.0. The summed E-state index contributed by atoms with van der Waals surface area (Å²) in [5, 5.41) is 7.30. The van der Waals surface area contributed by atoms with Crippen LogP contribution in [0.3, 0.4) is 0 Å². The van der Waals surface area contributed by atoms with E-state index in [9.17, 15) is 13.2 Å². The number of sulfone groups is 1. The Morgan fingerprint density at radius 1 is 1.14 bits per heavy atom. The lowest BCUT2D eigenvalue weighted by atomic mass is 10.3. The van der Waals surface area contributed by atoms with Gasteiger partial charge in [0.25, 0.3) is 0 Å². The van der Waals surface area contributed by atoms with Crippen molar-refractivity contribution < 1.29 is 17.9 Å². The fourth-order valence-corrected chi connectivity index (χ4v) is 4.18. The van der Waals surface area contributed by atoms with E-state index in [1.165, 1.54) is 43.5 Å². The number of anilines is 1. The maximum Gasteiger partial charge on any atom is 0.226 e. The third-order valence-corrected chi connectivity index (χ3v) is 6.31. The SMILES string of the molecule is COc1cc(NC(=O)CCn2nccc2C)cc(S(=O)(=O)c2ccc(Cl)cc2)c1. The molecule has 0 bridgehead atoms. The van der Waals surface area contributed by atoms with Gasteiger partial charge in [-0.2, -0.15) is 5.10 Å². The van der Waals surface area contributed by atoms with Crippen molar-refractivity contribution in [1.29, 1.82) is 0 Å². The van der Waals surface area contributed by atoms with Gasteiger partial charge in [-0.25, -0.2) is 8.42 Å². The first kappa shape index (κ1) is 20.9. The van der Waals surface area contributed by atoms with Crippen LogP contribution in [0, 0.1) is 6.92 Å². The third kappa shape index (κ3) is 4.96. The molecule has 0 radical (unpaired) electrons. The van der Waals surface area contributed by atoms with Crippen LogP contribution >= 0.6 is 11.6 Å². The predicted molar refractivity (Wildman–Crippen MR) is 110 cm³/mol. The molecule has 1 N–H and O–H groups in total. The Morgan fingerprint density at radius 2 is 1.86 bits per heavy atom. The van der Waals surface area contributed by atoms with Crippen molar-refractivity contribution in [2.24, 2.45) is 0 Å². The van der Waals surface area contributed by atoms with Gasteiger partial charge in [0.15, 0.2) is 0 Å². The van der Waals surface area contributed by atoms with Crippen molar-refractivity contribution in [1.82, 2.24) is 9.78 Å². The van der Waals surface area contributed by atoms with Gasteiger partial charge in [0.2, 0.25) is 15.7 Å². The number of halogens is 1. The number of methoxy groups -OCH3 is 1. The van der Waals surface area contributed by atoms with E-state index in [1.807, 2.05) is 13.0 Å². The molecule has 0 spiro atoms. The Balaban J connectivity index is 1.82. The van der Waals surface area contributed by atoms with Crippen LogP contribution < -0.4 is 10.1 Å². The van der Waals surface area contributed by atoms with Gasteiger partial charge in [-0.05, 0) is 49.4 Å². The van der Waals surface area contributed by atoms with Gasteiger partial charge in [0, 0.05) is 41.6 Å². The van der Waals surface area contributed by atoms with E-state index in [0.717, 1.165) is 5.69 Å². The molecule has 7 nitrogen and oxygen atoms in total. The zero-order valence-corrected chi connectivity index (χ0v) is 17.5. The molecule has 9 heteroatoms. The van der Waals surface area contributed by atoms with Crippen LogP contribution in [0.5, 0.6) is 5.75 Å². The Labute approximate surface area is 174 Å². The number of rotatable bonds is 7. The zero-order valence-electron chi connectivity index (χ0n) is 15.9. The molecule has 29 heavy (non-hydrogen) atoms. The molecule has 0 aliphatic rings. The number of ether oxygens (including phenoxy) is 1. The number of hydrogen-bond acceptors (Lipinski definition) is 5. The summed E-state index contributed by atoms with van der Waals surface area (Å²) in [6.45, 7) is 2.32. The van der Waals surface area contributed by atoms with Crippen molar-refractivity contribution >= 4 is 33.0 Å². The lowest BCUT2D eigenvalue weighted by Crippen LogP contribution is -2.16. The summed E-state index contributed by atoms with van der Waals surface area (Å²) in [5.74, 6) is 0.0567. The van der Waals surface area contributed by atoms with E-state index in [0.29, 0.717) is 23.0 Å². The highest BCUT2D eigenvalue weighted by atomic mass is 35.5. The highest BCUT2D eigenvalue weighted by molar-refractivity contribution is 7.91. The third-order valence-electron chi connectivity index (χ3n) is 4.31. The summed E-state index contributed by atoms with van der Waals surface area (Å²) in [6.07, 6.45) is 1.86. The molecular formula is C20H20ClN3O4S. The lowest BCUT2D eigenvalue weighted by Gasteiger charge is -2.12. The van der Waals surface area contributed by atoms with E-state index in [-0.39, 0.29) is 22.1 Å². The molecule has 3 rings (SSSR count). The minimum absolute atomic E-state index is 0.0115. The number of nitrogens with one attached hydrogen (secondary N) is 1. The topological polar surface area (TPSA) is 90.3 Å². The smallest absolute Gasteiger partial charge is 0.226 e. The van der Waals surface area contributed by atoms with Crippen LogP contribution in [-0.4, -0.2) is 31.2 Å². The first-order chi connectivity index (χ1) is 13.8. The van der Waals surface area contributed by atoms with Crippen molar-refractivity contribution in [2.75, 3.05) is 12.4 Å². The van der Waals surface area contributed by atoms with Gasteiger partial charge in [-0.15, -0.1) is 0 Å². The number of aromatic nitrogens is 2. The summed E-state index contributed by atoms with van der Waals surface area (Å²) >= 11 is 5.85. The maximum absolute atomic E-state index is 12.9. The second-order valence-electron chi connectivity index (χ2n) is 6.35. The highest BCUT2D eigenvalue weighted by Gasteiger charge is 2.20. The largest absolute Gasteiger partial charge is 0.497 e. The predicted octanol–water partition coefficient (Wildman–Crippen LogP) is 3.72. The maximum atomic E-state index is 12.9. The first-order valence-electron chi connectivity index (χ1n) is 8.77. The van der Waals surface area contributed by atoms with Gasteiger partial charge in [0.1, 0.15) is 5.75 Å². The normalized spacial score (nSPS) is 11.3. The minimum atomic E-state index is -3.80. The molecule has 0 aliphatic carbocycles. The molecule has 0 unspecified atom stereocenters. The van der Waals surface area contributed by atoms with Crippen LogP contribution in [0.4, 0.5) is 5.69 Å². The fourth-order valence-electron chi connectivity index (χ4n) is 2.73. The van der Waals surface area contributed by atoms with Crippen molar-refractivity contribution in [3.8, 4) is 5.75 Å². The van der Waals surface area contributed by atoms with E-state index in [2.05, 4.69) is 10.4 Å². The van der Waals surface area contributed by atoms with Gasteiger partial charge in [-0.3, -0.25) is 9.48 Å². The van der Waals surface area contributed by atoms with E-state index in [4.69, 9.17) is 16.3 Å². The molecule has 0 aliphatic heterocycles. The monoisotopic (exact) mass is 433 g/mol. The highest BCUT2D eigenvalue weighted by Crippen LogP contribution is 2.29. The quantitative estimate of drug-likeness (QED) is 0.613. The molecule has 1 amide bonds. The van der Waals surface area contributed by atoms with Gasteiger partial charge < -0.3 is 10.1 Å². The number of benzene rings is 2. The molecule has 1 heterocycles. The van der Waals surface area contributed by atoms with Crippen LogP contribution in [-0.2, 0) is 21.2 Å². The average Bonchev–Trinajstić information content (AvgIpc) is 3.11. The van der Waals surface area contributed by atoms with Gasteiger partial charge >= 0.3 is 0 Å². The minimum Gasteiger partial charge on any atom is -0.497 e. The molecule has 3 aromatic rings. The first-order valence-corrected chi connectivity index (χ1v) is 10.6. The second-order valence-corrected chi connectivity index (χ2v) is 8.73. The van der Waals surface area contributed by atoms with Crippen molar-refractivity contribution in [2.45, 2.75) is 29.7 Å². The average molecular weight is 434 g/mol. The van der Waals surface area contributed by atoms with Crippen LogP contribution in [0.25, 0.3) is 0 Å². The standard InChI is InChI=1S/C20H20ClN3O4S/c1-14-7-9-22-24(14)10-8-20(25)23-16-11-17(28-2)13-19(12-16)29(26,27)18-5-3-15(21)4-6-18/h3-7,9,11-13H,8,10H2,1-2H3,(H,23,25). The van der Waals surface area contributed by atoms with Gasteiger partial charge in [0.05, 0.1) is 16.9 Å². The van der Waals surface area contributed by atoms with E-state index in [1.54, 1.807) is 16.9 Å². The molecule has 2 aromatic carbocycles. The molecule has 0 saturated heterocycles. The van der Waals surface area contributed by atoms with Crippen molar-refractivity contribution in [3.63, 3.8) is 0 Å². The number of carbonyl (C=O) groups excluding carboxylic acids is 1. The molecule has 0 saturated carbocycles. The summed E-state index contributed by atoms with van der Waals surface area (Å²) < 4.78 is 32.8. The van der Waals surface area contributed by atoms with Crippen LogP contribution in [0.2, 0.25) is 5.02 Å². The molecule has 0 atom stereocenters. The van der Waals surface area contributed by atoms with Crippen molar-refractivity contribution in [3.05, 3.63) is 65.4 Å². The molecular weight excluding hydrogens is 414 g/mol. The molecule has 152 valence electrons. The number of amides is 1. The number of carbonyl (C=O) groups is 1. The summed E-state index contributed by atoms with van der Waals surface area (Å²) in [4.78, 5) is 12.4. The molecule has 0 fully saturated rings. The Morgan fingerprint density at radius 3 is 2.48 bits per heavy atom. The Hall–Kier alpha value is -2.84. The Kier molecular flexibility index (Phi) is 6.24. The number of aryl methyl sites for hydroxylation is 2. The summed E-state index contributed by atoms with van der Waals surface area (Å²) in [7, 11) is -2.37. The second kappa shape index (κ2) is 8.67. The van der Waals surface area contributed by atoms with Gasteiger partial charge in [-0.1, -0.05) is 11.6 Å². The fraction of sp³-hybridized carbons (Fsp3) is 0.200. The Bertz CT molecular complexity index is 1120. The van der Waals surface area contributed by atoms with Crippen LogP contribution in [0.15, 0.2) is 64.5 Å². The van der Waals surface area contributed by atoms with Crippen LogP contribution in [0.1, 0.15) is 12.1 Å². The number of hydrogen-bond donors (Lipinski definition) is 1. The van der Waals surface area contributed by atoms with E-state index >= 15 is 0 Å². The summed E-state index contributed by atoms with van der Waals surface area (Å²) in [6, 6.07) is 12.1.